The number of carbonyl (C=O) groups excluding carboxylic acids is 1. The van der Waals surface area contributed by atoms with Crippen molar-refractivity contribution in [2.75, 3.05) is 34.1 Å². The number of hydrogen-bond donors (Lipinski definition) is 1. The molecular weight excluding hydrogens is 477 g/mol. The van der Waals surface area contributed by atoms with Crippen molar-refractivity contribution in [2.45, 2.75) is 13.1 Å². The van der Waals surface area contributed by atoms with Crippen molar-refractivity contribution in [1.29, 1.82) is 0 Å². The van der Waals surface area contributed by atoms with Crippen LogP contribution in [0.2, 0.25) is 5.02 Å². The molecule has 0 saturated carbocycles. The summed E-state index contributed by atoms with van der Waals surface area (Å²) in [6, 6.07) is 7.77. The summed E-state index contributed by atoms with van der Waals surface area (Å²) < 4.78 is 60.0. The van der Waals surface area contributed by atoms with Crippen LogP contribution in [0.4, 0.5) is 18.0 Å². The molecule has 1 aromatic heterocycles. The first-order valence-electron chi connectivity index (χ1n) is 10.1. The molecule has 0 aliphatic rings. The van der Waals surface area contributed by atoms with Crippen LogP contribution in [0.5, 0.6) is 11.5 Å². The van der Waals surface area contributed by atoms with Crippen molar-refractivity contribution in [3.8, 4) is 22.6 Å². The smallest absolute Gasteiger partial charge is 0.495 e. The first-order chi connectivity index (χ1) is 16.2. The van der Waals surface area contributed by atoms with Gasteiger partial charge in [0, 0.05) is 29.3 Å². The maximum Gasteiger partial charge on any atom is 0.511 e. The normalized spacial score (nSPS) is 11.4. The van der Waals surface area contributed by atoms with Gasteiger partial charge in [-0.25, -0.2) is 4.79 Å². The molecule has 0 unspecified atom stereocenters. The number of halogens is 4. The molecule has 1 heterocycles. The van der Waals surface area contributed by atoms with Crippen molar-refractivity contribution in [1.82, 2.24) is 10.3 Å². The first-order valence-corrected chi connectivity index (χ1v) is 10.5. The predicted molar refractivity (Wildman–Crippen MR) is 120 cm³/mol. The van der Waals surface area contributed by atoms with E-state index < -0.39 is 24.7 Å². The van der Waals surface area contributed by atoms with Crippen LogP contribution in [0, 0.1) is 6.92 Å². The van der Waals surface area contributed by atoms with Crippen molar-refractivity contribution in [3.63, 3.8) is 0 Å². The standard InChI is InChI=1S/C23H22ClF3N2O5/c1-13-20(14-4-6-15(7-5-14)23(25,26)27)21(33-12-34-22(30)32-9-8-28-2)16-10-17(24)19(31-3)11-18(16)29-13/h4-7,10-11,28H,8-9,12H2,1-3H3. The maximum absolute atomic E-state index is 13.0. The Morgan fingerprint density at radius 1 is 1.15 bits per heavy atom. The van der Waals surface area contributed by atoms with Crippen LogP contribution in [-0.4, -0.2) is 45.2 Å². The van der Waals surface area contributed by atoms with Crippen molar-refractivity contribution in [3.05, 3.63) is 52.7 Å². The average Bonchev–Trinajstić information content (AvgIpc) is 2.79. The highest BCUT2D eigenvalue weighted by Crippen LogP contribution is 2.42. The number of nitrogens with zero attached hydrogens (tertiary/aromatic N) is 1. The number of methoxy groups -OCH3 is 1. The Kier molecular flexibility index (Phi) is 8.06. The highest BCUT2D eigenvalue weighted by molar-refractivity contribution is 6.33. The summed E-state index contributed by atoms with van der Waals surface area (Å²) >= 11 is 6.30. The Labute approximate surface area is 198 Å². The van der Waals surface area contributed by atoms with E-state index >= 15 is 0 Å². The van der Waals surface area contributed by atoms with Gasteiger partial charge in [-0.3, -0.25) is 4.98 Å². The quantitative estimate of drug-likeness (QED) is 0.246. The lowest BCUT2D eigenvalue weighted by atomic mass is 9.99. The molecule has 0 aliphatic carbocycles. The van der Waals surface area contributed by atoms with E-state index in [0.29, 0.717) is 40.0 Å². The van der Waals surface area contributed by atoms with Crippen LogP contribution >= 0.6 is 11.6 Å². The van der Waals surface area contributed by atoms with Gasteiger partial charge >= 0.3 is 12.3 Å². The number of likely N-dealkylation sites (N-methyl/N-ethyl adjacent to an activating group) is 1. The number of fused-ring (bicyclic) bond motifs is 1. The summed E-state index contributed by atoms with van der Waals surface area (Å²) in [6.45, 7) is 1.74. The van der Waals surface area contributed by atoms with Gasteiger partial charge in [-0.15, -0.1) is 0 Å². The van der Waals surface area contributed by atoms with E-state index in [-0.39, 0.29) is 17.4 Å². The van der Waals surface area contributed by atoms with Gasteiger partial charge in [-0.05, 0) is 37.7 Å². The van der Waals surface area contributed by atoms with Gasteiger partial charge in [0.05, 0.1) is 23.2 Å². The lowest BCUT2D eigenvalue weighted by Gasteiger charge is -2.18. The summed E-state index contributed by atoms with van der Waals surface area (Å²) in [5.74, 6) is 0.619. The number of benzene rings is 2. The van der Waals surface area contributed by atoms with E-state index in [4.69, 9.17) is 30.5 Å². The van der Waals surface area contributed by atoms with E-state index in [0.717, 1.165) is 12.1 Å². The number of nitrogens with one attached hydrogen (secondary N) is 1. The number of carbonyl (C=O) groups is 1. The van der Waals surface area contributed by atoms with E-state index in [1.165, 1.54) is 19.2 Å². The van der Waals surface area contributed by atoms with E-state index in [2.05, 4.69) is 10.3 Å². The van der Waals surface area contributed by atoms with Crippen LogP contribution in [-0.2, 0) is 15.7 Å². The van der Waals surface area contributed by atoms with Crippen LogP contribution in [0.25, 0.3) is 22.0 Å². The Hall–Kier alpha value is -3.24. The van der Waals surface area contributed by atoms with Crippen molar-refractivity contribution in [2.24, 2.45) is 0 Å². The van der Waals surface area contributed by atoms with Gasteiger partial charge in [0.15, 0.2) is 0 Å². The molecule has 0 radical (unpaired) electrons. The lowest BCUT2D eigenvalue weighted by molar-refractivity contribution is -0.137. The van der Waals surface area contributed by atoms with Crippen molar-refractivity contribution >= 4 is 28.7 Å². The minimum Gasteiger partial charge on any atom is -0.495 e. The maximum atomic E-state index is 13.0. The molecule has 0 spiro atoms. The number of aromatic nitrogens is 1. The molecule has 3 rings (SSSR count). The second kappa shape index (κ2) is 10.8. The second-order valence-electron chi connectivity index (χ2n) is 7.09. The first kappa shape index (κ1) is 25.4. The third-order valence-corrected chi connectivity index (χ3v) is 5.14. The second-order valence-corrected chi connectivity index (χ2v) is 7.50. The lowest BCUT2D eigenvalue weighted by Crippen LogP contribution is -2.19. The minimum atomic E-state index is -4.47. The topological polar surface area (TPSA) is 78.9 Å². The van der Waals surface area contributed by atoms with Gasteiger partial charge in [-0.1, -0.05) is 23.7 Å². The third kappa shape index (κ3) is 5.81. The van der Waals surface area contributed by atoms with Crippen LogP contribution in [0.1, 0.15) is 11.3 Å². The van der Waals surface area contributed by atoms with Crippen LogP contribution in [0.3, 0.4) is 0 Å². The molecule has 34 heavy (non-hydrogen) atoms. The van der Waals surface area contributed by atoms with Gasteiger partial charge in [0.1, 0.15) is 18.1 Å². The zero-order chi connectivity index (χ0) is 24.9. The Bertz CT molecular complexity index is 1170. The highest BCUT2D eigenvalue weighted by Gasteiger charge is 2.30. The molecular formula is C23H22ClF3N2O5. The number of ether oxygens (including phenoxy) is 4. The average molecular weight is 499 g/mol. The van der Waals surface area contributed by atoms with E-state index in [1.54, 1.807) is 26.1 Å². The molecule has 11 heteroatoms. The minimum absolute atomic E-state index is 0.110. The molecule has 2 aromatic carbocycles. The molecule has 0 saturated heterocycles. The summed E-state index contributed by atoms with van der Waals surface area (Å²) in [6.07, 6.45) is -5.40. The largest absolute Gasteiger partial charge is 0.511 e. The fraction of sp³-hybridized carbons (Fsp3) is 0.304. The Balaban J connectivity index is 2.02. The number of aryl methyl sites for hydroxylation is 1. The molecule has 0 bridgehead atoms. The summed E-state index contributed by atoms with van der Waals surface area (Å²) in [7, 11) is 3.17. The third-order valence-electron chi connectivity index (χ3n) is 4.84. The Morgan fingerprint density at radius 3 is 2.47 bits per heavy atom. The Morgan fingerprint density at radius 2 is 1.85 bits per heavy atom. The molecule has 0 fully saturated rings. The number of hydrogen-bond acceptors (Lipinski definition) is 7. The highest BCUT2D eigenvalue weighted by atomic mass is 35.5. The summed E-state index contributed by atoms with van der Waals surface area (Å²) in [5, 5.41) is 3.55. The predicted octanol–water partition coefficient (Wildman–Crippen LogP) is 5.60. The molecule has 0 atom stereocenters. The molecule has 3 aromatic rings. The molecule has 182 valence electrons. The number of alkyl halides is 3. The zero-order valence-electron chi connectivity index (χ0n) is 18.6. The molecule has 7 nitrogen and oxygen atoms in total. The van der Waals surface area contributed by atoms with Gasteiger partial charge in [0.25, 0.3) is 0 Å². The summed E-state index contributed by atoms with van der Waals surface area (Å²) in [4.78, 5) is 16.3. The van der Waals surface area contributed by atoms with Crippen LogP contribution < -0.4 is 14.8 Å². The van der Waals surface area contributed by atoms with Gasteiger partial charge in [-0.2, -0.15) is 13.2 Å². The monoisotopic (exact) mass is 498 g/mol. The van der Waals surface area contributed by atoms with Gasteiger partial charge in [0.2, 0.25) is 6.79 Å². The molecule has 0 aliphatic heterocycles. The van der Waals surface area contributed by atoms with E-state index in [1.807, 2.05) is 0 Å². The molecule has 1 N–H and O–H groups in total. The van der Waals surface area contributed by atoms with Crippen molar-refractivity contribution < 1.29 is 36.9 Å². The van der Waals surface area contributed by atoms with Gasteiger partial charge < -0.3 is 24.3 Å². The zero-order valence-corrected chi connectivity index (χ0v) is 19.3. The van der Waals surface area contributed by atoms with E-state index in [9.17, 15) is 18.0 Å². The number of pyridine rings is 1. The fourth-order valence-corrected chi connectivity index (χ4v) is 3.48. The SMILES string of the molecule is CNCCOC(=O)OCOc1c(-c2ccc(C(F)(F)F)cc2)c(C)nc2cc(OC)c(Cl)cc12. The fourth-order valence-electron chi connectivity index (χ4n) is 3.24. The van der Waals surface area contributed by atoms with Crippen LogP contribution in [0.15, 0.2) is 36.4 Å². The molecule has 0 amide bonds. The summed E-state index contributed by atoms with van der Waals surface area (Å²) in [5.41, 5.74) is 1.02. The number of rotatable bonds is 8.